The molecule has 1 aliphatic rings. The molecule has 0 atom stereocenters. The molecule has 2 aromatic carbocycles. The summed E-state index contributed by atoms with van der Waals surface area (Å²) in [6.07, 6.45) is -3.06. The first-order chi connectivity index (χ1) is 19.0. The van der Waals surface area contributed by atoms with E-state index in [1.807, 2.05) is 41.0 Å². The summed E-state index contributed by atoms with van der Waals surface area (Å²) < 4.78 is 45.8. The lowest BCUT2D eigenvalue weighted by Gasteiger charge is -2.35. The van der Waals surface area contributed by atoms with E-state index in [1.165, 1.54) is 6.07 Å². The van der Waals surface area contributed by atoms with Gasteiger partial charge < -0.3 is 14.3 Å². The molecule has 1 aliphatic heterocycles. The zero-order valence-corrected chi connectivity index (χ0v) is 23.0. The Bertz CT molecular complexity index is 1520. The number of nitrogens with zero attached hydrogens (tertiary/aromatic N) is 5. The number of hydrogen-bond donors (Lipinski definition) is 0. The summed E-state index contributed by atoms with van der Waals surface area (Å²) in [4.78, 5) is 26.4. The van der Waals surface area contributed by atoms with Crippen molar-refractivity contribution in [2.45, 2.75) is 52.1 Å². The van der Waals surface area contributed by atoms with Crippen LogP contribution < -0.4 is 4.90 Å². The topological polar surface area (TPSA) is 75.4 Å². The summed E-state index contributed by atoms with van der Waals surface area (Å²) in [5.41, 5.74) is 1.80. The normalized spacial score (nSPS) is 14.7. The summed E-state index contributed by atoms with van der Waals surface area (Å²) in [6.45, 7) is 10.3. The van der Waals surface area contributed by atoms with Gasteiger partial charge in [0.25, 0.3) is 11.6 Å². The van der Waals surface area contributed by atoms with Gasteiger partial charge in [0.15, 0.2) is 0 Å². The van der Waals surface area contributed by atoms with Crippen LogP contribution in [0.4, 0.5) is 19.0 Å². The molecule has 0 bridgehead atoms. The van der Waals surface area contributed by atoms with Crippen LogP contribution in [-0.2, 0) is 18.0 Å². The summed E-state index contributed by atoms with van der Waals surface area (Å²) in [6, 6.07) is 12.7. The average molecular weight is 552 g/mol. The standard InChI is InChI=1S/C30H32F3N5O2/c1-5-7-23-34-26(24-25(36-40-27(24)35-23)20-8-6-9-22(18-20)30(31,32)33)37-14-16-38(17-15-37)28(39)19-10-12-21(13-11-19)29(2,3)4/h6,8-13,18H,5,7,14-17H2,1-4H3. The van der Waals surface area contributed by atoms with Crippen LogP contribution in [0, 0.1) is 0 Å². The first-order valence-electron chi connectivity index (χ1n) is 13.4. The highest BCUT2D eigenvalue weighted by Crippen LogP contribution is 2.37. The van der Waals surface area contributed by atoms with Crippen LogP contribution in [0.1, 0.15) is 61.4 Å². The van der Waals surface area contributed by atoms with E-state index in [0.717, 1.165) is 24.1 Å². The van der Waals surface area contributed by atoms with Gasteiger partial charge in [0.05, 0.1) is 5.56 Å². The van der Waals surface area contributed by atoms with Crippen molar-refractivity contribution in [3.05, 3.63) is 71.0 Å². The number of amides is 1. The van der Waals surface area contributed by atoms with Gasteiger partial charge in [-0.25, -0.2) is 4.98 Å². The predicted molar refractivity (Wildman–Crippen MR) is 147 cm³/mol. The number of piperazine rings is 1. The number of anilines is 1. The Kier molecular flexibility index (Phi) is 7.29. The molecule has 1 amide bonds. The van der Waals surface area contributed by atoms with E-state index in [0.29, 0.717) is 55.2 Å². The molecular formula is C30H32F3N5O2. The van der Waals surface area contributed by atoms with Gasteiger partial charge in [-0.2, -0.15) is 18.2 Å². The highest BCUT2D eigenvalue weighted by molar-refractivity contribution is 5.98. The first-order valence-corrected chi connectivity index (χ1v) is 13.4. The van der Waals surface area contributed by atoms with Crippen molar-refractivity contribution in [1.29, 1.82) is 0 Å². The largest absolute Gasteiger partial charge is 0.416 e. The number of carbonyl (C=O) groups is 1. The number of alkyl halides is 3. The van der Waals surface area contributed by atoms with Crippen molar-refractivity contribution in [3.8, 4) is 11.3 Å². The van der Waals surface area contributed by atoms with Gasteiger partial charge >= 0.3 is 6.18 Å². The molecule has 0 aliphatic carbocycles. The minimum atomic E-state index is -4.49. The summed E-state index contributed by atoms with van der Waals surface area (Å²) >= 11 is 0. The molecule has 210 valence electrons. The molecule has 0 N–H and O–H groups in total. The van der Waals surface area contributed by atoms with Gasteiger partial charge in [-0.15, -0.1) is 0 Å². The average Bonchev–Trinajstić information content (AvgIpc) is 3.36. The molecule has 1 saturated heterocycles. The van der Waals surface area contributed by atoms with Crippen LogP contribution in [0.25, 0.3) is 22.4 Å². The lowest BCUT2D eigenvalue weighted by atomic mass is 9.86. The molecule has 5 rings (SSSR count). The lowest BCUT2D eigenvalue weighted by Crippen LogP contribution is -2.49. The molecular weight excluding hydrogens is 519 g/mol. The zero-order chi connectivity index (χ0) is 28.7. The van der Waals surface area contributed by atoms with Gasteiger partial charge in [-0.1, -0.05) is 57.1 Å². The van der Waals surface area contributed by atoms with Gasteiger partial charge in [0.1, 0.15) is 22.7 Å². The van der Waals surface area contributed by atoms with E-state index < -0.39 is 11.7 Å². The van der Waals surface area contributed by atoms with Crippen molar-refractivity contribution >= 4 is 22.8 Å². The van der Waals surface area contributed by atoms with Crippen molar-refractivity contribution in [2.75, 3.05) is 31.1 Å². The van der Waals surface area contributed by atoms with Crippen LogP contribution in [-0.4, -0.2) is 52.1 Å². The molecule has 40 heavy (non-hydrogen) atoms. The molecule has 0 unspecified atom stereocenters. The number of halogens is 3. The Hall–Kier alpha value is -3.95. The number of aromatic nitrogens is 3. The second-order valence-corrected chi connectivity index (χ2v) is 11.1. The molecule has 2 aromatic heterocycles. The van der Waals surface area contributed by atoms with Crippen LogP contribution >= 0.6 is 0 Å². The minimum absolute atomic E-state index is 0.00155. The third kappa shape index (κ3) is 5.52. The monoisotopic (exact) mass is 551 g/mol. The molecule has 0 radical (unpaired) electrons. The Morgan fingerprint density at radius 3 is 2.27 bits per heavy atom. The Labute approximate surface area is 231 Å². The Morgan fingerprint density at radius 1 is 0.950 bits per heavy atom. The minimum Gasteiger partial charge on any atom is -0.352 e. The fourth-order valence-corrected chi connectivity index (χ4v) is 4.90. The number of aryl methyl sites for hydroxylation is 1. The van der Waals surface area contributed by atoms with E-state index in [2.05, 4.69) is 30.9 Å². The van der Waals surface area contributed by atoms with Gasteiger partial charge in [-0.05, 0) is 41.7 Å². The van der Waals surface area contributed by atoms with Crippen LogP contribution in [0.15, 0.2) is 53.1 Å². The highest BCUT2D eigenvalue weighted by atomic mass is 19.4. The smallest absolute Gasteiger partial charge is 0.352 e. The predicted octanol–water partition coefficient (Wildman–Crippen LogP) is 6.52. The Balaban J connectivity index is 1.43. The van der Waals surface area contributed by atoms with E-state index in [4.69, 9.17) is 9.51 Å². The number of hydrogen-bond acceptors (Lipinski definition) is 6. The van der Waals surface area contributed by atoms with Gasteiger partial charge in [-0.3, -0.25) is 4.79 Å². The molecule has 7 nitrogen and oxygen atoms in total. The zero-order valence-electron chi connectivity index (χ0n) is 23.0. The van der Waals surface area contributed by atoms with E-state index >= 15 is 0 Å². The number of benzene rings is 2. The van der Waals surface area contributed by atoms with Gasteiger partial charge in [0, 0.05) is 43.7 Å². The number of rotatable bonds is 5. The summed E-state index contributed by atoms with van der Waals surface area (Å²) in [5, 5.41) is 4.59. The highest BCUT2D eigenvalue weighted by Gasteiger charge is 2.32. The summed E-state index contributed by atoms with van der Waals surface area (Å²) in [5.74, 6) is 1.10. The fraction of sp³-hybridized carbons (Fsp3) is 0.400. The van der Waals surface area contributed by atoms with Crippen molar-refractivity contribution in [3.63, 3.8) is 0 Å². The van der Waals surface area contributed by atoms with Crippen molar-refractivity contribution < 1.29 is 22.5 Å². The fourth-order valence-electron chi connectivity index (χ4n) is 4.90. The van der Waals surface area contributed by atoms with Crippen LogP contribution in [0.5, 0.6) is 0 Å². The van der Waals surface area contributed by atoms with E-state index in [9.17, 15) is 18.0 Å². The molecule has 0 spiro atoms. The van der Waals surface area contributed by atoms with Crippen LogP contribution in [0.2, 0.25) is 0 Å². The lowest BCUT2D eigenvalue weighted by molar-refractivity contribution is -0.137. The summed E-state index contributed by atoms with van der Waals surface area (Å²) in [7, 11) is 0. The first kappa shape index (κ1) is 27.6. The molecule has 10 heteroatoms. The third-order valence-corrected chi connectivity index (χ3v) is 7.16. The number of fused-ring (bicyclic) bond motifs is 1. The molecule has 4 aromatic rings. The number of carbonyl (C=O) groups excluding carboxylic acids is 1. The molecule has 3 heterocycles. The molecule has 0 saturated carbocycles. The second-order valence-electron chi connectivity index (χ2n) is 11.1. The van der Waals surface area contributed by atoms with Crippen molar-refractivity contribution in [1.82, 2.24) is 20.0 Å². The second kappa shape index (κ2) is 10.6. The van der Waals surface area contributed by atoms with Crippen LogP contribution in [0.3, 0.4) is 0 Å². The Morgan fingerprint density at radius 2 is 1.65 bits per heavy atom. The molecule has 1 fully saturated rings. The van der Waals surface area contributed by atoms with Gasteiger partial charge in [0.2, 0.25) is 0 Å². The van der Waals surface area contributed by atoms with Crippen molar-refractivity contribution in [2.24, 2.45) is 0 Å². The third-order valence-electron chi connectivity index (χ3n) is 7.16. The maximum atomic E-state index is 13.4. The maximum absolute atomic E-state index is 13.4. The quantitative estimate of drug-likeness (QED) is 0.281. The van der Waals surface area contributed by atoms with E-state index in [1.54, 1.807) is 6.07 Å². The van der Waals surface area contributed by atoms with E-state index in [-0.39, 0.29) is 28.3 Å². The maximum Gasteiger partial charge on any atom is 0.416 e. The SMILES string of the molecule is CCCc1nc(N2CCN(C(=O)c3ccc(C(C)(C)C)cc3)CC2)c2c(-c3cccc(C(F)(F)F)c3)noc2n1.